The highest BCUT2D eigenvalue weighted by atomic mass is 16.6. The molecule has 0 aromatic carbocycles. The molecule has 2 heterocycles. The first-order chi connectivity index (χ1) is 8.54. The van der Waals surface area contributed by atoms with Crippen LogP contribution in [0.3, 0.4) is 0 Å². The zero-order valence-corrected chi connectivity index (χ0v) is 10.2. The van der Waals surface area contributed by atoms with E-state index in [2.05, 4.69) is 4.98 Å². The van der Waals surface area contributed by atoms with Crippen LogP contribution in [0.4, 0.5) is 0 Å². The molecule has 0 saturated heterocycles. The molecule has 90 valence electrons. The molecule has 0 N–H and O–H groups in total. The maximum absolute atomic E-state index is 11.5. The smallest absolute Gasteiger partial charge is 0.350 e. The molecule has 1 aromatic heterocycles. The van der Waals surface area contributed by atoms with Crippen LogP contribution >= 0.6 is 0 Å². The number of rotatable bonds is 2. The summed E-state index contributed by atoms with van der Waals surface area (Å²) in [6, 6.07) is 7.42. The number of hydrogen-bond donors (Lipinski definition) is 0. The molecule has 0 spiro atoms. The van der Waals surface area contributed by atoms with Crippen LogP contribution in [0.25, 0.3) is 6.08 Å². The van der Waals surface area contributed by atoms with E-state index in [0.29, 0.717) is 5.57 Å². The average Bonchev–Trinajstić information content (AvgIpc) is 2.56. The third-order valence-electron chi connectivity index (χ3n) is 2.69. The third-order valence-corrected chi connectivity index (χ3v) is 2.69. The first-order valence-corrected chi connectivity index (χ1v) is 5.52. The predicted octanol–water partition coefficient (Wildman–Crippen LogP) is 2.25. The van der Waals surface area contributed by atoms with Crippen molar-refractivity contribution in [3.63, 3.8) is 0 Å². The van der Waals surface area contributed by atoms with Crippen molar-refractivity contribution < 1.29 is 9.53 Å². The van der Waals surface area contributed by atoms with Gasteiger partial charge in [-0.25, -0.2) is 4.79 Å². The number of carbonyl (C=O) groups is 1. The Morgan fingerprint density at radius 1 is 1.39 bits per heavy atom. The highest BCUT2D eigenvalue weighted by Crippen LogP contribution is 2.33. The first kappa shape index (κ1) is 12.1. The number of ether oxygens (including phenoxy) is 1. The van der Waals surface area contributed by atoms with Gasteiger partial charge in [-0.15, -0.1) is 0 Å². The second kappa shape index (κ2) is 4.46. The molecule has 0 fully saturated rings. The summed E-state index contributed by atoms with van der Waals surface area (Å²) < 4.78 is 5.15. The number of pyridine rings is 1. The first-order valence-electron chi connectivity index (χ1n) is 5.52. The van der Waals surface area contributed by atoms with Gasteiger partial charge in [-0.2, -0.15) is 5.26 Å². The molecule has 2 rings (SSSR count). The molecule has 0 unspecified atom stereocenters. The van der Waals surface area contributed by atoms with E-state index in [-0.39, 0.29) is 5.57 Å². The van der Waals surface area contributed by atoms with Crippen molar-refractivity contribution in [2.75, 3.05) is 0 Å². The summed E-state index contributed by atoms with van der Waals surface area (Å²) in [5, 5.41) is 8.98. The number of carbonyl (C=O) groups excluding carboxylic acids is 1. The number of aromatic nitrogens is 1. The van der Waals surface area contributed by atoms with Crippen molar-refractivity contribution in [2.24, 2.45) is 0 Å². The van der Waals surface area contributed by atoms with Crippen LogP contribution in [-0.2, 0) is 9.53 Å². The summed E-state index contributed by atoms with van der Waals surface area (Å²) in [6.45, 7) is 3.51. The van der Waals surface area contributed by atoms with Gasteiger partial charge < -0.3 is 4.74 Å². The largest absolute Gasteiger partial charge is 0.451 e. The van der Waals surface area contributed by atoms with E-state index < -0.39 is 11.6 Å². The lowest BCUT2D eigenvalue weighted by atomic mass is 9.95. The van der Waals surface area contributed by atoms with E-state index in [1.807, 2.05) is 24.3 Å². The highest BCUT2D eigenvalue weighted by Gasteiger charge is 2.39. The van der Waals surface area contributed by atoms with Gasteiger partial charge in [0.15, 0.2) is 0 Å². The maximum Gasteiger partial charge on any atom is 0.350 e. The Hall–Kier alpha value is -2.41. The number of hydrogen-bond acceptors (Lipinski definition) is 4. The van der Waals surface area contributed by atoms with Crippen LogP contribution in [0.15, 0.2) is 41.6 Å². The molecule has 1 aliphatic heterocycles. The molecule has 4 nitrogen and oxygen atoms in total. The van der Waals surface area contributed by atoms with Gasteiger partial charge in [-0.1, -0.05) is 12.1 Å². The molecule has 1 aliphatic rings. The van der Waals surface area contributed by atoms with Gasteiger partial charge in [0.1, 0.15) is 17.2 Å². The summed E-state index contributed by atoms with van der Waals surface area (Å²) in [7, 11) is 0. The molecule has 0 atom stereocenters. The normalized spacial score (nSPS) is 17.9. The lowest BCUT2D eigenvalue weighted by Gasteiger charge is -2.18. The van der Waals surface area contributed by atoms with Crippen LogP contribution in [0, 0.1) is 11.3 Å². The van der Waals surface area contributed by atoms with Crippen molar-refractivity contribution in [3.8, 4) is 6.07 Å². The van der Waals surface area contributed by atoms with Crippen LogP contribution in [0.5, 0.6) is 0 Å². The van der Waals surface area contributed by atoms with Crippen molar-refractivity contribution in [3.05, 3.63) is 47.3 Å². The number of nitriles is 1. The molecule has 18 heavy (non-hydrogen) atoms. The molecule has 4 heteroatoms. The molecule has 1 aromatic rings. The summed E-state index contributed by atoms with van der Waals surface area (Å²) in [6.07, 6.45) is 5.16. The van der Waals surface area contributed by atoms with Gasteiger partial charge in [-0.05, 0) is 32.1 Å². The fourth-order valence-electron chi connectivity index (χ4n) is 1.78. The quantitative estimate of drug-likeness (QED) is 0.744. The second-order valence-corrected chi connectivity index (χ2v) is 4.39. The summed E-state index contributed by atoms with van der Waals surface area (Å²) in [4.78, 5) is 15.6. The Morgan fingerprint density at radius 3 is 2.78 bits per heavy atom. The molecule has 0 aliphatic carbocycles. The maximum atomic E-state index is 11.5. The van der Waals surface area contributed by atoms with Gasteiger partial charge in [0.25, 0.3) is 0 Å². The number of cyclic esters (lactones) is 1. The van der Waals surface area contributed by atoms with E-state index in [9.17, 15) is 4.79 Å². The van der Waals surface area contributed by atoms with E-state index in [1.54, 1.807) is 32.2 Å². The summed E-state index contributed by atoms with van der Waals surface area (Å²) in [5.41, 5.74) is 0.637. The molecular formula is C14H12N2O2. The van der Waals surface area contributed by atoms with Gasteiger partial charge in [0, 0.05) is 11.8 Å². The van der Waals surface area contributed by atoms with E-state index in [0.717, 1.165) is 5.69 Å². The van der Waals surface area contributed by atoms with Gasteiger partial charge in [0.05, 0.1) is 5.69 Å². The van der Waals surface area contributed by atoms with Crippen LogP contribution in [-0.4, -0.2) is 16.6 Å². The van der Waals surface area contributed by atoms with Gasteiger partial charge >= 0.3 is 5.97 Å². The molecule has 0 saturated carbocycles. The number of nitrogens with zero attached hydrogens (tertiary/aromatic N) is 2. The molecule has 0 amide bonds. The molecule has 0 bridgehead atoms. The highest BCUT2D eigenvalue weighted by molar-refractivity contribution is 5.98. The molecular weight excluding hydrogens is 228 g/mol. The SMILES string of the molecule is CC1(C)OC(=O)C(C#N)=C1/C=C/c1ccccn1. The monoisotopic (exact) mass is 240 g/mol. The van der Waals surface area contributed by atoms with E-state index in [4.69, 9.17) is 10.00 Å². The van der Waals surface area contributed by atoms with Crippen LogP contribution in [0.2, 0.25) is 0 Å². The zero-order valence-electron chi connectivity index (χ0n) is 10.2. The van der Waals surface area contributed by atoms with Gasteiger partial charge in [0.2, 0.25) is 0 Å². The fourth-order valence-corrected chi connectivity index (χ4v) is 1.78. The van der Waals surface area contributed by atoms with Crippen molar-refractivity contribution >= 4 is 12.0 Å². The van der Waals surface area contributed by atoms with E-state index in [1.165, 1.54) is 0 Å². The van der Waals surface area contributed by atoms with Crippen molar-refractivity contribution in [1.82, 2.24) is 4.98 Å². The Kier molecular flexibility index (Phi) is 2.99. The lowest BCUT2D eigenvalue weighted by Crippen LogP contribution is -2.22. The van der Waals surface area contributed by atoms with E-state index >= 15 is 0 Å². The lowest BCUT2D eigenvalue weighted by molar-refractivity contribution is -0.144. The molecule has 0 radical (unpaired) electrons. The van der Waals surface area contributed by atoms with Crippen LogP contribution < -0.4 is 0 Å². The average molecular weight is 240 g/mol. The minimum Gasteiger partial charge on any atom is -0.451 e. The predicted molar refractivity (Wildman–Crippen MR) is 66.1 cm³/mol. The Labute approximate surface area is 105 Å². The Bertz CT molecular complexity index is 578. The zero-order chi connectivity index (χ0) is 13.2. The summed E-state index contributed by atoms with van der Waals surface area (Å²) in [5.74, 6) is -0.567. The fraction of sp³-hybridized carbons (Fsp3) is 0.214. The minimum atomic E-state index is -0.770. The van der Waals surface area contributed by atoms with Crippen molar-refractivity contribution in [2.45, 2.75) is 19.4 Å². The standard InChI is InChI=1S/C14H12N2O2/c1-14(2)12(11(9-15)13(17)18-14)7-6-10-5-3-4-8-16-10/h3-8H,1-2H3/b7-6+. The summed E-state index contributed by atoms with van der Waals surface area (Å²) >= 11 is 0. The van der Waals surface area contributed by atoms with Crippen molar-refractivity contribution in [1.29, 1.82) is 5.26 Å². The number of esters is 1. The van der Waals surface area contributed by atoms with Gasteiger partial charge in [-0.3, -0.25) is 4.98 Å². The van der Waals surface area contributed by atoms with Crippen LogP contribution in [0.1, 0.15) is 19.5 Å². The Morgan fingerprint density at radius 2 is 2.17 bits per heavy atom. The topological polar surface area (TPSA) is 63.0 Å². The second-order valence-electron chi connectivity index (χ2n) is 4.39. The Balaban J connectivity index is 2.38. The third kappa shape index (κ3) is 2.16. The minimum absolute atomic E-state index is 0.0622.